The molecule has 32 heavy (non-hydrogen) atoms. The van der Waals surface area contributed by atoms with E-state index >= 15 is 0 Å². The summed E-state index contributed by atoms with van der Waals surface area (Å²) in [4.78, 5) is 7.25. The molecular weight excluding hydrogens is 424 g/mol. The van der Waals surface area contributed by atoms with Gasteiger partial charge in [0, 0.05) is 49.4 Å². The van der Waals surface area contributed by atoms with Crippen LogP contribution in [-0.2, 0) is 9.84 Å². The van der Waals surface area contributed by atoms with E-state index in [4.69, 9.17) is 0 Å². The Bertz CT molecular complexity index is 1340. The average molecular weight is 449 g/mol. The van der Waals surface area contributed by atoms with Crippen molar-refractivity contribution in [2.45, 2.75) is 4.90 Å². The maximum Gasteiger partial charge on any atom is 0.247 e. The first-order valence-electron chi connectivity index (χ1n) is 10.5. The number of hydrogen-bond donors (Lipinski definition) is 2. The predicted octanol–water partition coefficient (Wildman–Crippen LogP) is 2.95. The molecule has 3 heterocycles. The number of fused-ring (bicyclic) bond motifs is 1. The fourth-order valence-corrected chi connectivity index (χ4v) is 4.49. The summed E-state index contributed by atoms with van der Waals surface area (Å²) in [5, 5.41) is 11.3. The van der Waals surface area contributed by atoms with Crippen LogP contribution in [0, 0.1) is 0 Å². The summed E-state index contributed by atoms with van der Waals surface area (Å²) in [6.07, 6.45) is 1.20. The molecule has 0 amide bonds. The van der Waals surface area contributed by atoms with Gasteiger partial charge in [-0.25, -0.2) is 12.9 Å². The molecule has 0 atom stereocenters. The molecule has 1 aliphatic rings. The molecule has 0 bridgehead atoms. The van der Waals surface area contributed by atoms with Crippen LogP contribution in [0.5, 0.6) is 0 Å². The van der Waals surface area contributed by atoms with Crippen molar-refractivity contribution < 1.29 is 8.42 Å². The van der Waals surface area contributed by atoms with Gasteiger partial charge in [0.25, 0.3) is 0 Å². The van der Waals surface area contributed by atoms with E-state index in [0.29, 0.717) is 16.5 Å². The second-order valence-electron chi connectivity index (χ2n) is 7.82. The van der Waals surface area contributed by atoms with Gasteiger partial charge in [0.15, 0.2) is 15.5 Å². The average Bonchev–Trinajstić information content (AvgIpc) is 3.22. The van der Waals surface area contributed by atoms with E-state index in [1.165, 1.54) is 11.9 Å². The van der Waals surface area contributed by atoms with Gasteiger partial charge in [0.2, 0.25) is 5.95 Å². The minimum atomic E-state index is -3.24. The molecule has 164 valence electrons. The molecule has 0 saturated carbocycles. The Morgan fingerprint density at radius 2 is 1.66 bits per heavy atom. The first-order chi connectivity index (χ1) is 15.5. The van der Waals surface area contributed by atoms with Gasteiger partial charge in [-0.2, -0.15) is 4.98 Å². The predicted molar refractivity (Wildman–Crippen MR) is 126 cm³/mol. The summed E-state index contributed by atoms with van der Waals surface area (Å²) in [5.74, 6) is 0.500. The second-order valence-corrected chi connectivity index (χ2v) is 9.84. The zero-order valence-electron chi connectivity index (χ0n) is 17.7. The first kappa shape index (κ1) is 20.5. The maximum atomic E-state index is 11.7. The summed E-state index contributed by atoms with van der Waals surface area (Å²) in [7, 11) is -3.24. The Labute approximate surface area is 186 Å². The number of piperazine rings is 1. The van der Waals surface area contributed by atoms with Crippen molar-refractivity contribution in [1.82, 2.24) is 19.9 Å². The smallest absolute Gasteiger partial charge is 0.247 e. The Kier molecular flexibility index (Phi) is 5.28. The molecule has 0 aliphatic carbocycles. The SMILES string of the molecule is CS(=O)(=O)c1ccc(-c2cccc3nc(Nc4ccc(N5CCNCC5)cc4)nn23)cc1. The second kappa shape index (κ2) is 8.25. The highest BCUT2D eigenvalue weighted by molar-refractivity contribution is 7.90. The van der Waals surface area contributed by atoms with Crippen molar-refractivity contribution in [2.75, 3.05) is 42.7 Å². The largest absolute Gasteiger partial charge is 0.369 e. The van der Waals surface area contributed by atoms with Crippen LogP contribution >= 0.6 is 0 Å². The lowest BCUT2D eigenvalue weighted by Gasteiger charge is -2.29. The van der Waals surface area contributed by atoms with Gasteiger partial charge in [-0.3, -0.25) is 0 Å². The molecule has 0 spiro atoms. The van der Waals surface area contributed by atoms with Gasteiger partial charge in [-0.1, -0.05) is 18.2 Å². The van der Waals surface area contributed by atoms with Gasteiger partial charge in [0.1, 0.15) is 0 Å². The van der Waals surface area contributed by atoms with E-state index in [9.17, 15) is 8.42 Å². The minimum absolute atomic E-state index is 0.290. The topological polar surface area (TPSA) is 91.6 Å². The lowest BCUT2D eigenvalue weighted by molar-refractivity contribution is 0.589. The van der Waals surface area contributed by atoms with Crippen molar-refractivity contribution in [3.63, 3.8) is 0 Å². The van der Waals surface area contributed by atoms with E-state index in [-0.39, 0.29) is 0 Å². The van der Waals surface area contributed by atoms with Gasteiger partial charge >= 0.3 is 0 Å². The highest BCUT2D eigenvalue weighted by Crippen LogP contribution is 2.24. The molecule has 2 aromatic carbocycles. The zero-order chi connectivity index (χ0) is 22.1. The van der Waals surface area contributed by atoms with Gasteiger partial charge < -0.3 is 15.5 Å². The summed E-state index contributed by atoms with van der Waals surface area (Å²) in [5.41, 5.74) is 4.52. The first-order valence-corrected chi connectivity index (χ1v) is 12.4. The molecule has 1 saturated heterocycles. The van der Waals surface area contributed by atoms with Crippen molar-refractivity contribution in [2.24, 2.45) is 0 Å². The highest BCUT2D eigenvalue weighted by Gasteiger charge is 2.13. The number of pyridine rings is 1. The molecule has 8 nitrogen and oxygen atoms in total. The third kappa shape index (κ3) is 4.17. The Balaban J connectivity index is 1.39. The van der Waals surface area contributed by atoms with Crippen LogP contribution in [-0.4, -0.2) is 55.5 Å². The lowest BCUT2D eigenvalue weighted by Crippen LogP contribution is -2.43. The van der Waals surface area contributed by atoms with Crippen LogP contribution in [0.25, 0.3) is 16.9 Å². The third-order valence-corrected chi connectivity index (χ3v) is 6.67. The van der Waals surface area contributed by atoms with Crippen molar-refractivity contribution >= 4 is 32.8 Å². The summed E-state index contributed by atoms with van der Waals surface area (Å²) >= 11 is 0. The number of benzene rings is 2. The highest BCUT2D eigenvalue weighted by atomic mass is 32.2. The molecule has 9 heteroatoms. The Morgan fingerprint density at radius 3 is 2.34 bits per heavy atom. The Hall–Kier alpha value is -3.43. The molecule has 4 aromatic rings. The Morgan fingerprint density at radius 1 is 0.938 bits per heavy atom. The molecule has 2 N–H and O–H groups in total. The van der Waals surface area contributed by atoms with Crippen molar-refractivity contribution in [3.8, 4) is 11.3 Å². The molecule has 1 fully saturated rings. The number of sulfone groups is 1. The van der Waals surface area contributed by atoms with E-state index in [1.807, 2.05) is 30.3 Å². The monoisotopic (exact) mass is 448 g/mol. The van der Waals surface area contributed by atoms with Crippen LogP contribution in [0.1, 0.15) is 0 Å². The van der Waals surface area contributed by atoms with Gasteiger partial charge in [-0.15, -0.1) is 5.10 Å². The summed E-state index contributed by atoms with van der Waals surface area (Å²) < 4.78 is 25.2. The zero-order valence-corrected chi connectivity index (χ0v) is 18.5. The summed E-state index contributed by atoms with van der Waals surface area (Å²) in [6, 6.07) is 20.8. The molecule has 2 aromatic heterocycles. The van der Waals surface area contributed by atoms with Crippen LogP contribution in [0.2, 0.25) is 0 Å². The third-order valence-electron chi connectivity index (χ3n) is 5.54. The molecular formula is C23H24N6O2S. The standard InChI is InChI=1S/C23H24N6O2S/c1-32(30,31)20-11-5-17(6-12-20)21-3-2-4-22-26-23(27-29(21)22)25-18-7-9-19(10-8-18)28-15-13-24-14-16-28/h2-12,24H,13-16H2,1H3,(H,25,27). The quantitative estimate of drug-likeness (QED) is 0.485. The number of nitrogens with zero attached hydrogens (tertiary/aromatic N) is 4. The number of anilines is 3. The molecule has 0 unspecified atom stereocenters. The summed E-state index contributed by atoms with van der Waals surface area (Å²) in [6.45, 7) is 4.03. The maximum absolute atomic E-state index is 11.7. The number of rotatable bonds is 5. The minimum Gasteiger partial charge on any atom is -0.369 e. The van der Waals surface area contributed by atoms with Gasteiger partial charge in [0.05, 0.1) is 10.6 Å². The number of hydrogen-bond acceptors (Lipinski definition) is 7. The van der Waals surface area contributed by atoms with E-state index < -0.39 is 9.84 Å². The molecule has 1 aliphatic heterocycles. The molecule has 5 rings (SSSR count). The fraction of sp³-hybridized carbons (Fsp3) is 0.217. The van der Waals surface area contributed by atoms with E-state index in [1.54, 1.807) is 28.8 Å². The van der Waals surface area contributed by atoms with Crippen molar-refractivity contribution in [3.05, 3.63) is 66.7 Å². The van der Waals surface area contributed by atoms with E-state index in [0.717, 1.165) is 43.1 Å². The normalized spacial score (nSPS) is 14.6. The van der Waals surface area contributed by atoms with Crippen LogP contribution in [0.3, 0.4) is 0 Å². The fourth-order valence-electron chi connectivity index (χ4n) is 3.86. The van der Waals surface area contributed by atoms with Crippen LogP contribution < -0.4 is 15.5 Å². The van der Waals surface area contributed by atoms with Crippen LogP contribution in [0.15, 0.2) is 71.6 Å². The molecule has 0 radical (unpaired) electrons. The van der Waals surface area contributed by atoms with E-state index in [2.05, 4.69) is 37.7 Å². The van der Waals surface area contributed by atoms with Crippen LogP contribution in [0.4, 0.5) is 17.3 Å². The number of aromatic nitrogens is 3. The number of nitrogens with one attached hydrogen (secondary N) is 2. The van der Waals surface area contributed by atoms with Gasteiger partial charge in [-0.05, 0) is 48.5 Å². The lowest BCUT2D eigenvalue weighted by atomic mass is 10.1. The van der Waals surface area contributed by atoms with Crippen molar-refractivity contribution in [1.29, 1.82) is 0 Å².